The van der Waals surface area contributed by atoms with Gasteiger partial charge in [-0.3, -0.25) is 4.79 Å². The Labute approximate surface area is 116 Å². The molecular formula is C13H20BrN3O. The maximum Gasteiger partial charge on any atom is 0.222 e. The Morgan fingerprint density at radius 2 is 2.28 bits per heavy atom. The van der Waals surface area contributed by atoms with E-state index in [1.807, 2.05) is 31.2 Å². The number of nitrogens with one attached hydrogen (secondary N) is 2. The predicted molar refractivity (Wildman–Crippen MR) is 78.5 cm³/mol. The third-order valence-electron chi connectivity index (χ3n) is 2.48. The number of rotatable bonds is 7. The summed E-state index contributed by atoms with van der Waals surface area (Å²) in [4.78, 5) is 11.6. The highest BCUT2D eigenvalue weighted by Gasteiger charge is 2.11. The summed E-state index contributed by atoms with van der Waals surface area (Å²) in [6, 6.07) is 7.77. The van der Waals surface area contributed by atoms with Crippen LogP contribution in [0.25, 0.3) is 0 Å². The van der Waals surface area contributed by atoms with E-state index >= 15 is 0 Å². The van der Waals surface area contributed by atoms with Gasteiger partial charge in [0, 0.05) is 35.7 Å². The van der Waals surface area contributed by atoms with Crippen molar-refractivity contribution in [3.8, 4) is 0 Å². The van der Waals surface area contributed by atoms with Gasteiger partial charge in [-0.15, -0.1) is 0 Å². The topological polar surface area (TPSA) is 67.2 Å². The summed E-state index contributed by atoms with van der Waals surface area (Å²) in [5.41, 5.74) is 6.64. The summed E-state index contributed by atoms with van der Waals surface area (Å²) in [5.74, 6) is 0.0368. The van der Waals surface area contributed by atoms with E-state index in [4.69, 9.17) is 5.73 Å². The zero-order valence-corrected chi connectivity index (χ0v) is 12.2. The van der Waals surface area contributed by atoms with Crippen LogP contribution < -0.4 is 16.4 Å². The van der Waals surface area contributed by atoms with Crippen molar-refractivity contribution in [2.24, 2.45) is 5.73 Å². The molecule has 5 heteroatoms. The van der Waals surface area contributed by atoms with Crippen LogP contribution in [-0.4, -0.2) is 25.0 Å². The van der Waals surface area contributed by atoms with Crippen molar-refractivity contribution in [3.63, 3.8) is 0 Å². The van der Waals surface area contributed by atoms with Gasteiger partial charge in [0.1, 0.15) is 0 Å². The van der Waals surface area contributed by atoms with Gasteiger partial charge >= 0.3 is 0 Å². The van der Waals surface area contributed by atoms with Crippen LogP contribution in [0.2, 0.25) is 0 Å². The van der Waals surface area contributed by atoms with Gasteiger partial charge in [-0.25, -0.2) is 0 Å². The summed E-state index contributed by atoms with van der Waals surface area (Å²) in [6.45, 7) is 3.17. The zero-order valence-electron chi connectivity index (χ0n) is 10.6. The lowest BCUT2D eigenvalue weighted by Crippen LogP contribution is -2.36. The number of hydrogen-bond donors (Lipinski definition) is 3. The molecule has 1 atom stereocenters. The largest absolute Gasteiger partial charge is 0.380 e. The van der Waals surface area contributed by atoms with E-state index in [2.05, 4.69) is 26.6 Å². The van der Waals surface area contributed by atoms with Crippen LogP contribution in [0.3, 0.4) is 0 Å². The van der Waals surface area contributed by atoms with Crippen LogP contribution in [0.15, 0.2) is 28.7 Å². The summed E-state index contributed by atoms with van der Waals surface area (Å²) >= 11 is 3.41. The highest BCUT2D eigenvalue weighted by Crippen LogP contribution is 2.16. The molecule has 1 aromatic carbocycles. The molecule has 0 saturated carbocycles. The molecule has 0 spiro atoms. The fourth-order valence-corrected chi connectivity index (χ4v) is 1.97. The molecule has 100 valence electrons. The van der Waals surface area contributed by atoms with E-state index in [1.54, 1.807) is 0 Å². The molecule has 1 unspecified atom stereocenters. The van der Waals surface area contributed by atoms with E-state index in [9.17, 15) is 4.79 Å². The highest BCUT2D eigenvalue weighted by atomic mass is 79.9. The van der Waals surface area contributed by atoms with Crippen molar-refractivity contribution < 1.29 is 4.79 Å². The quantitative estimate of drug-likeness (QED) is 0.722. The van der Waals surface area contributed by atoms with Gasteiger partial charge in [0.25, 0.3) is 0 Å². The summed E-state index contributed by atoms with van der Waals surface area (Å²) < 4.78 is 0.999. The van der Waals surface area contributed by atoms with Crippen LogP contribution in [0.4, 0.5) is 5.69 Å². The molecule has 0 aliphatic heterocycles. The molecule has 4 N–H and O–H groups in total. The second-order valence-corrected chi connectivity index (χ2v) is 5.06. The first-order chi connectivity index (χ1) is 8.65. The molecule has 1 amide bonds. The van der Waals surface area contributed by atoms with Gasteiger partial charge in [-0.1, -0.05) is 28.9 Å². The highest BCUT2D eigenvalue weighted by molar-refractivity contribution is 9.10. The molecule has 4 nitrogen and oxygen atoms in total. The van der Waals surface area contributed by atoms with Crippen molar-refractivity contribution in [1.82, 2.24) is 5.32 Å². The van der Waals surface area contributed by atoms with Crippen LogP contribution in [0, 0.1) is 0 Å². The minimum Gasteiger partial charge on any atom is -0.380 e. The maximum absolute atomic E-state index is 11.6. The van der Waals surface area contributed by atoms with Crippen LogP contribution in [-0.2, 0) is 4.79 Å². The smallest absolute Gasteiger partial charge is 0.222 e. The fraction of sp³-hybridized carbons (Fsp3) is 0.462. The first kappa shape index (κ1) is 15.0. The Kier molecular flexibility index (Phi) is 6.75. The second kappa shape index (κ2) is 8.11. The third kappa shape index (κ3) is 5.51. The average molecular weight is 314 g/mol. The lowest BCUT2D eigenvalue weighted by molar-refractivity contribution is -0.121. The van der Waals surface area contributed by atoms with Crippen molar-refractivity contribution in [2.75, 3.05) is 18.4 Å². The number of carbonyl (C=O) groups excluding carboxylic acids is 1. The van der Waals surface area contributed by atoms with Gasteiger partial charge in [0.15, 0.2) is 0 Å². The first-order valence-electron chi connectivity index (χ1n) is 6.14. The molecule has 0 aliphatic rings. The minimum atomic E-state index is -0.0452. The van der Waals surface area contributed by atoms with Crippen molar-refractivity contribution in [2.45, 2.75) is 25.8 Å². The van der Waals surface area contributed by atoms with E-state index in [1.165, 1.54) is 0 Å². The molecular weight excluding hydrogens is 294 g/mol. The number of anilines is 1. The van der Waals surface area contributed by atoms with Gasteiger partial charge in [-0.05, 0) is 24.6 Å². The van der Waals surface area contributed by atoms with E-state index in [0.717, 1.165) is 16.6 Å². The summed E-state index contributed by atoms with van der Waals surface area (Å²) in [7, 11) is 0. The minimum absolute atomic E-state index is 0.0368. The molecule has 0 heterocycles. The fourth-order valence-electron chi connectivity index (χ4n) is 1.57. The average Bonchev–Trinajstić information content (AvgIpc) is 2.35. The van der Waals surface area contributed by atoms with Crippen LogP contribution in [0.1, 0.15) is 19.8 Å². The van der Waals surface area contributed by atoms with E-state index in [-0.39, 0.29) is 11.9 Å². The predicted octanol–water partition coefficient (Wildman–Crippen LogP) is 2.10. The van der Waals surface area contributed by atoms with Gasteiger partial charge in [-0.2, -0.15) is 0 Å². The first-order valence-corrected chi connectivity index (χ1v) is 6.94. The van der Waals surface area contributed by atoms with Crippen LogP contribution >= 0.6 is 15.9 Å². The molecule has 0 aromatic heterocycles. The van der Waals surface area contributed by atoms with Gasteiger partial charge < -0.3 is 16.4 Å². The van der Waals surface area contributed by atoms with Gasteiger partial charge in [0.05, 0.1) is 0 Å². The molecule has 0 saturated heterocycles. The Hall–Kier alpha value is -1.07. The van der Waals surface area contributed by atoms with E-state index in [0.29, 0.717) is 19.5 Å². The molecule has 0 aliphatic carbocycles. The number of amides is 1. The molecule has 0 radical (unpaired) electrons. The second-order valence-electron chi connectivity index (χ2n) is 4.14. The standard InChI is InChI=1S/C13H20BrN3O/c1-2-6-16-13(18)8-12(9-15)17-11-5-3-4-10(14)7-11/h3-5,7,12,17H,2,6,8-9,15H2,1H3,(H,16,18). The molecule has 1 rings (SSSR count). The normalized spacial score (nSPS) is 11.9. The third-order valence-corrected chi connectivity index (χ3v) is 2.98. The number of hydrogen-bond acceptors (Lipinski definition) is 3. The summed E-state index contributed by atoms with van der Waals surface area (Å²) in [5, 5.41) is 6.11. The molecule has 18 heavy (non-hydrogen) atoms. The number of benzene rings is 1. The Bertz CT molecular complexity index is 384. The number of carbonyl (C=O) groups is 1. The number of nitrogens with two attached hydrogens (primary N) is 1. The zero-order chi connectivity index (χ0) is 13.4. The summed E-state index contributed by atoms with van der Waals surface area (Å²) in [6.07, 6.45) is 1.33. The number of halogens is 1. The Balaban J connectivity index is 2.49. The Morgan fingerprint density at radius 1 is 1.50 bits per heavy atom. The lowest BCUT2D eigenvalue weighted by atomic mass is 10.2. The molecule has 0 fully saturated rings. The van der Waals surface area contributed by atoms with Crippen molar-refractivity contribution >= 4 is 27.5 Å². The monoisotopic (exact) mass is 313 g/mol. The molecule has 0 bridgehead atoms. The lowest BCUT2D eigenvalue weighted by Gasteiger charge is -2.18. The molecule has 1 aromatic rings. The van der Waals surface area contributed by atoms with Crippen molar-refractivity contribution in [3.05, 3.63) is 28.7 Å². The van der Waals surface area contributed by atoms with E-state index < -0.39 is 0 Å². The maximum atomic E-state index is 11.6. The van der Waals surface area contributed by atoms with Crippen molar-refractivity contribution in [1.29, 1.82) is 0 Å². The van der Waals surface area contributed by atoms with Crippen LogP contribution in [0.5, 0.6) is 0 Å². The Morgan fingerprint density at radius 3 is 2.89 bits per heavy atom. The SMILES string of the molecule is CCCNC(=O)CC(CN)Nc1cccc(Br)c1. The van der Waals surface area contributed by atoms with Gasteiger partial charge in [0.2, 0.25) is 5.91 Å².